The van der Waals surface area contributed by atoms with Gasteiger partial charge in [0, 0.05) is 18.9 Å². The number of benzene rings is 1. The smallest absolute Gasteiger partial charge is 0.237 e. The zero-order chi connectivity index (χ0) is 21.0. The maximum absolute atomic E-state index is 12.8. The minimum Gasteiger partial charge on any atom is -0.394 e. The highest BCUT2D eigenvalue weighted by Crippen LogP contribution is 2.41. The van der Waals surface area contributed by atoms with Crippen LogP contribution in [0.25, 0.3) is 5.57 Å². The van der Waals surface area contributed by atoms with Crippen LogP contribution in [0, 0.1) is 0 Å². The minimum atomic E-state index is -0.262. The predicted molar refractivity (Wildman–Crippen MR) is 114 cm³/mol. The van der Waals surface area contributed by atoms with Crippen molar-refractivity contribution in [1.82, 2.24) is 15.1 Å². The van der Waals surface area contributed by atoms with Gasteiger partial charge in [0.1, 0.15) is 0 Å². The molecule has 29 heavy (non-hydrogen) atoms. The Morgan fingerprint density at radius 1 is 1.21 bits per heavy atom. The van der Waals surface area contributed by atoms with Crippen LogP contribution in [0.3, 0.4) is 0 Å². The van der Waals surface area contributed by atoms with Crippen LogP contribution in [0.15, 0.2) is 30.3 Å². The number of carbonyl (C=O) groups is 2. The zero-order valence-electron chi connectivity index (χ0n) is 17.7. The van der Waals surface area contributed by atoms with Crippen molar-refractivity contribution in [2.24, 2.45) is 0 Å². The minimum absolute atomic E-state index is 0.00914. The largest absolute Gasteiger partial charge is 0.394 e. The van der Waals surface area contributed by atoms with Gasteiger partial charge in [0.05, 0.1) is 25.2 Å². The fourth-order valence-corrected chi connectivity index (χ4v) is 4.54. The fourth-order valence-electron chi connectivity index (χ4n) is 4.54. The molecule has 3 rings (SSSR count). The van der Waals surface area contributed by atoms with Gasteiger partial charge in [-0.2, -0.15) is 0 Å². The second-order valence-electron chi connectivity index (χ2n) is 8.28. The monoisotopic (exact) mass is 399 g/mol. The number of aliphatic hydroxyl groups is 1. The molecule has 6 nitrogen and oxygen atoms in total. The number of rotatable bonds is 8. The van der Waals surface area contributed by atoms with Gasteiger partial charge in [0.15, 0.2) is 0 Å². The lowest BCUT2D eigenvalue weighted by molar-refractivity contribution is -0.151. The van der Waals surface area contributed by atoms with E-state index in [0.717, 1.165) is 18.4 Å². The summed E-state index contributed by atoms with van der Waals surface area (Å²) in [6, 6.07) is 8.11. The number of nitrogens with zero attached hydrogens (tertiary/aromatic N) is 2. The Morgan fingerprint density at radius 3 is 2.48 bits per heavy atom. The first-order valence-electron chi connectivity index (χ1n) is 10.6. The molecule has 0 saturated carbocycles. The van der Waals surface area contributed by atoms with Crippen LogP contribution in [0.2, 0.25) is 0 Å². The lowest BCUT2D eigenvalue weighted by atomic mass is 9.74. The molecule has 0 bridgehead atoms. The predicted octanol–water partition coefficient (Wildman–Crippen LogP) is 2.00. The number of likely N-dealkylation sites (tertiary alicyclic amines) is 1. The average molecular weight is 400 g/mol. The van der Waals surface area contributed by atoms with Gasteiger partial charge in [-0.25, -0.2) is 0 Å². The molecule has 1 saturated heterocycles. The van der Waals surface area contributed by atoms with Crippen LogP contribution in [0.5, 0.6) is 0 Å². The Balaban J connectivity index is 1.81. The SMILES string of the molecule is CCC(=O)NC[C@H]1[C@@H](c2ccc(C3=CCCC3)cc2)[C@@H](CO)N1C(=O)CN(C)C. The summed E-state index contributed by atoms with van der Waals surface area (Å²) in [6.45, 7) is 2.42. The van der Waals surface area contributed by atoms with E-state index in [-0.39, 0.29) is 43.0 Å². The van der Waals surface area contributed by atoms with Crippen LogP contribution >= 0.6 is 0 Å². The third kappa shape index (κ3) is 4.70. The molecular weight excluding hydrogens is 366 g/mol. The van der Waals surface area contributed by atoms with Crippen LogP contribution in [0.1, 0.15) is 49.7 Å². The first-order chi connectivity index (χ1) is 14.0. The Labute approximate surface area is 173 Å². The summed E-state index contributed by atoms with van der Waals surface area (Å²) >= 11 is 0. The molecule has 0 unspecified atom stereocenters. The number of amides is 2. The highest BCUT2D eigenvalue weighted by molar-refractivity contribution is 5.81. The van der Waals surface area contributed by atoms with E-state index in [1.54, 1.807) is 4.90 Å². The summed E-state index contributed by atoms with van der Waals surface area (Å²) < 4.78 is 0. The summed E-state index contributed by atoms with van der Waals surface area (Å²) in [5, 5.41) is 13.0. The number of likely N-dealkylation sites (N-methyl/N-ethyl adjacent to an activating group) is 1. The average Bonchev–Trinajstić information content (AvgIpc) is 3.21. The van der Waals surface area contributed by atoms with E-state index < -0.39 is 0 Å². The van der Waals surface area contributed by atoms with Crippen molar-refractivity contribution >= 4 is 17.4 Å². The van der Waals surface area contributed by atoms with Gasteiger partial charge in [0.25, 0.3) is 0 Å². The van der Waals surface area contributed by atoms with Gasteiger partial charge in [-0.3, -0.25) is 9.59 Å². The normalized spacial score (nSPS) is 23.7. The maximum Gasteiger partial charge on any atom is 0.237 e. The summed E-state index contributed by atoms with van der Waals surface area (Å²) in [6.07, 6.45) is 6.21. The van der Waals surface area contributed by atoms with Crippen LogP contribution in [0.4, 0.5) is 0 Å². The first kappa shape index (κ1) is 21.5. The molecule has 0 radical (unpaired) electrons. The molecule has 2 amide bonds. The molecule has 1 aliphatic carbocycles. The third-order valence-corrected chi connectivity index (χ3v) is 6.01. The molecule has 1 aromatic carbocycles. The van der Waals surface area contributed by atoms with E-state index in [4.69, 9.17) is 0 Å². The van der Waals surface area contributed by atoms with Crippen molar-refractivity contribution in [1.29, 1.82) is 0 Å². The summed E-state index contributed by atoms with van der Waals surface area (Å²) in [7, 11) is 3.71. The number of nitrogens with one attached hydrogen (secondary N) is 1. The van der Waals surface area contributed by atoms with Gasteiger partial charge in [-0.1, -0.05) is 37.3 Å². The van der Waals surface area contributed by atoms with Crippen LogP contribution in [-0.2, 0) is 9.59 Å². The Morgan fingerprint density at radius 2 is 1.93 bits per heavy atom. The molecule has 2 aliphatic rings. The number of allylic oxidation sites excluding steroid dienone is 2. The van der Waals surface area contributed by atoms with E-state index >= 15 is 0 Å². The van der Waals surface area contributed by atoms with E-state index in [0.29, 0.717) is 13.0 Å². The molecule has 1 aromatic rings. The van der Waals surface area contributed by atoms with Gasteiger partial charge in [-0.05, 0) is 50.1 Å². The standard InChI is InChI=1S/C23H33N3O3/c1-4-21(28)24-13-19-23(20(15-27)26(19)22(29)14-25(2)3)18-11-9-17(10-12-18)16-7-5-6-8-16/h7,9-12,19-20,23,27H,4-6,8,13-15H2,1-3H3,(H,24,28)/t19-,20+,23+/m0/s1. The molecule has 1 heterocycles. The Bertz CT molecular complexity index is 757. The highest BCUT2D eigenvalue weighted by atomic mass is 16.3. The lowest BCUT2D eigenvalue weighted by Crippen LogP contribution is -2.69. The number of aliphatic hydroxyl groups excluding tert-OH is 1. The molecule has 1 fully saturated rings. The summed E-state index contributed by atoms with van der Waals surface area (Å²) in [5.74, 6) is -0.0385. The fraction of sp³-hybridized carbons (Fsp3) is 0.565. The van der Waals surface area contributed by atoms with Crippen molar-refractivity contribution in [3.8, 4) is 0 Å². The van der Waals surface area contributed by atoms with E-state index in [1.807, 2.05) is 25.9 Å². The molecule has 6 heteroatoms. The second-order valence-corrected chi connectivity index (χ2v) is 8.28. The van der Waals surface area contributed by atoms with E-state index in [2.05, 4.69) is 35.7 Å². The summed E-state index contributed by atoms with van der Waals surface area (Å²) in [5.41, 5.74) is 3.76. The quantitative estimate of drug-likeness (QED) is 0.701. The van der Waals surface area contributed by atoms with Crippen molar-refractivity contribution in [3.63, 3.8) is 0 Å². The van der Waals surface area contributed by atoms with Crippen molar-refractivity contribution < 1.29 is 14.7 Å². The number of carbonyl (C=O) groups excluding carboxylic acids is 2. The zero-order valence-corrected chi connectivity index (χ0v) is 17.7. The second kappa shape index (κ2) is 9.55. The van der Waals surface area contributed by atoms with Gasteiger partial charge < -0.3 is 20.2 Å². The van der Waals surface area contributed by atoms with Crippen molar-refractivity contribution in [2.45, 2.75) is 50.6 Å². The Hall–Kier alpha value is -2.18. The molecular formula is C23H33N3O3. The highest BCUT2D eigenvalue weighted by Gasteiger charge is 2.50. The molecule has 1 aliphatic heterocycles. The number of hydrogen-bond acceptors (Lipinski definition) is 4. The molecule has 3 atom stereocenters. The van der Waals surface area contributed by atoms with E-state index in [9.17, 15) is 14.7 Å². The van der Waals surface area contributed by atoms with Crippen molar-refractivity contribution in [3.05, 3.63) is 41.5 Å². The van der Waals surface area contributed by atoms with Crippen LogP contribution in [-0.4, -0.2) is 72.6 Å². The van der Waals surface area contributed by atoms with Gasteiger partial charge in [0.2, 0.25) is 11.8 Å². The Kier molecular flexibility index (Phi) is 7.09. The third-order valence-electron chi connectivity index (χ3n) is 6.01. The molecule has 2 N–H and O–H groups in total. The first-order valence-corrected chi connectivity index (χ1v) is 10.6. The molecule has 0 aromatic heterocycles. The summed E-state index contributed by atoms with van der Waals surface area (Å²) in [4.78, 5) is 28.2. The van der Waals surface area contributed by atoms with Crippen LogP contribution < -0.4 is 5.32 Å². The maximum atomic E-state index is 12.8. The lowest BCUT2D eigenvalue weighted by Gasteiger charge is -2.55. The van der Waals surface area contributed by atoms with E-state index in [1.165, 1.54) is 17.6 Å². The van der Waals surface area contributed by atoms with Crippen molar-refractivity contribution in [2.75, 3.05) is 33.8 Å². The molecule has 0 spiro atoms. The van der Waals surface area contributed by atoms with Gasteiger partial charge >= 0.3 is 0 Å². The topological polar surface area (TPSA) is 72.9 Å². The molecule has 158 valence electrons. The van der Waals surface area contributed by atoms with Gasteiger partial charge in [-0.15, -0.1) is 0 Å². The number of hydrogen-bond donors (Lipinski definition) is 2.